The average Bonchev–Trinajstić information content (AvgIpc) is 1.79. The van der Waals surface area contributed by atoms with E-state index in [1.807, 2.05) is 12.1 Å². The van der Waals surface area contributed by atoms with Gasteiger partial charge in [-0.1, -0.05) is 23.2 Å². The lowest BCUT2D eigenvalue weighted by Crippen LogP contribution is -2.39. The summed E-state index contributed by atoms with van der Waals surface area (Å²) in [4.78, 5) is 0. The first-order chi connectivity index (χ1) is 5.75. The highest BCUT2D eigenvalue weighted by molar-refractivity contribution is 6.34. The van der Waals surface area contributed by atoms with Crippen molar-refractivity contribution in [2.24, 2.45) is 0 Å². The van der Waals surface area contributed by atoms with Crippen LogP contribution in [0.5, 0.6) is 0 Å². The Morgan fingerprint density at radius 1 is 1.08 bits per heavy atom. The molecule has 1 N–H and O–H groups in total. The molecule has 0 aliphatic carbocycles. The zero-order valence-corrected chi connectivity index (χ0v) is 7.99. The first kappa shape index (κ1) is 8.36. The van der Waals surface area contributed by atoms with E-state index in [1.54, 1.807) is 6.07 Å². The molecule has 0 spiro atoms. The molecule has 1 aliphatic rings. The topological polar surface area (TPSA) is 12.0 Å². The zero-order chi connectivity index (χ0) is 8.55. The average molecular weight is 202 g/mol. The number of hydrogen-bond acceptors (Lipinski definition) is 1. The van der Waals surface area contributed by atoms with Crippen LogP contribution in [0.2, 0.25) is 10.0 Å². The summed E-state index contributed by atoms with van der Waals surface area (Å²) in [6.07, 6.45) is 0. The predicted octanol–water partition coefficient (Wildman–Crippen LogP) is 2.68. The largest absolute Gasteiger partial charge is 0.315 e. The molecule has 64 valence electrons. The summed E-state index contributed by atoms with van der Waals surface area (Å²) in [5, 5.41) is 4.67. The van der Waals surface area contributed by atoms with Gasteiger partial charge in [0.05, 0.1) is 0 Å². The molecule has 0 atom stereocenters. The Morgan fingerprint density at radius 3 is 2.08 bits per heavy atom. The van der Waals surface area contributed by atoms with E-state index in [0.29, 0.717) is 5.92 Å². The second-order valence-corrected chi connectivity index (χ2v) is 3.93. The maximum Gasteiger partial charge on any atom is 0.0423 e. The molecule has 2 rings (SSSR count). The number of rotatable bonds is 1. The van der Waals surface area contributed by atoms with Gasteiger partial charge < -0.3 is 5.32 Å². The molecule has 1 fully saturated rings. The Balaban J connectivity index is 2.30. The maximum atomic E-state index is 5.87. The summed E-state index contributed by atoms with van der Waals surface area (Å²) in [7, 11) is 0. The van der Waals surface area contributed by atoms with Gasteiger partial charge in [-0.15, -0.1) is 0 Å². The molecule has 1 heterocycles. The Morgan fingerprint density at radius 2 is 1.67 bits per heavy atom. The second kappa shape index (κ2) is 3.25. The van der Waals surface area contributed by atoms with Crippen molar-refractivity contribution in [3.63, 3.8) is 0 Å². The molecule has 0 bridgehead atoms. The highest BCUT2D eigenvalue weighted by atomic mass is 35.5. The minimum Gasteiger partial charge on any atom is -0.315 e. The van der Waals surface area contributed by atoms with E-state index in [4.69, 9.17) is 23.2 Å². The number of nitrogens with one attached hydrogen (secondary N) is 1. The van der Waals surface area contributed by atoms with Gasteiger partial charge in [0.1, 0.15) is 0 Å². The third-order valence-corrected chi connectivity index (χ3v) is 2.57. The van der Waals surface area contributed by atoms with Crippen LogP contribution in [0.3, 0.4) is 0 Å². The van der Waals surface area contributed by atoms with Gasteiger partial charge in [-0.2, -0.15) is 0 Å². The molecule has 1 aromatic carbocycles. The van der Waals surface area contributed by atoms with Gasteiger partial charge in [-0.25, -0.2) is 0 Å². The van der Waals surface area contributed by atoms with Crippen molar-refractivity contribution >= 4 is 23.2 Å². The lowest BCUT2D eigenvalue weighted by molar-refractivity contribution is 0.448. The molecule has 3 heteroatoms. The van der Waals surface area contributed by atoms with E-state index in [1.165, 1.54) is 5.56 Å². The van der Waals surface area contributed by atoms with Gasteiger partial charge in [-0.05, 0) is 23.8 Å². The van der Waals surface area contributed by atoms with Crippen molar-refractivity contribution in [3.05, 3.63) is 33.8 Å². The molecule has 0 unspecified atom stereocenters. The molecule has 0 aromatic heterocycles. The van der Waals surface area contributed by atoms with Crippen molar-refractivity contribution < 1.29 is 0 Å². The summed E-state index contributed by atoms with van der Waals surface area (Å²) in [5.41, 5.74) is 1.24. The summed E-state index contributed by atoms with van der Waals surface area (Å²) >= 11 is 11.7. The van der Waals surface area contributed by atoms with E-state index in [9.17, 15) is 0 Å². The van der Waals surface area contributed by atoms with Crippen LogP contribution in [-0.4, -0.2) is 13.1 Å². The quantitative estimate of drug-likeness (QED) is 0.738. The molecule has 0 radical (unpaired) electrons. The number of hydrogen-bond donors (Lipinski definition) is 1. The van der Waals surface area contributed by atoms with Crippen LogP contribution >= 0.6 is 23.2 Å². The molecule has 0 saturated carbocycles. The smallest absolute Gasteiger partial charge is 0.0423 e. The zero-order valence-electron chi connectivity index (χ0n) is 6.48. The van der Waals surface area contributed by atoms with Crippen LogP contribution in [0.25, 0.3) is 0 Å². The van der Waals surface area contributed by atoms with Crippen LogP contribution in [0.15, 0.2) is 18.2 Å². The Hall–Kier alpha value is -0.240. The molecule has 1 nitrogen and oxygen atoms in total. The first-order valence-corrected chi connectivity index (χ1v) is 4.68. The molecule has 1 saturated heterocycles. The minimum atomic E-state index is 0.598. The number of benzene rings is 1. The first-order valence-electron chi connectivity index (χ1n) is 3.92. The fourth-order valence-electron chi connectivity index (χ4n) is 1.34. The Kier molecular flexibility index (Phi) is 2.26. The minimum absolute atomic E-state index is 0.598. The maximum absolute atomic E-state index is 5.87. The van der Waals surface area contributed by atoms with Crippen LogP contribution in [0.4, 0.5) is 0 Å². The molecule has 12 heavy (non-hydrogen) atoms. The van der Waals surface area contributed by atoms with Crippen LogP contribution < -0.4 is 5.32 Å². The molecule has 0 amide bonds. The van der Waals surface area contributed by atoms with Crippen LogP contribution in [0.1, 0.15) is 11.5 Å². The monoisotopic (exact) mass is 201 g/mol. The highest BCUT2D eigenvalue weighted by Gasteiger charge is 2.19. The summed E-state index contributed by atoms with van der Waals surface area (Å²) in [6, 6.07) is 5.73. The summed E-state index contributed by atoms with van der Waals surface area (Å²) in [6.45, 7) is 2.08. The van der Waals surface area contributed by atoms with Crippen LogP contribution in [-0.2, 0) is 0 Å². The molecule has 1 aromatic rings. The third-order valence-electron chi connectivity index (χ3n) is 2.14. The molecule has 1 aliphatic heterocycles. The van der Waals surface area contributed by atoms with Gasteiger partial charge in [0.2, 0.25) is 0 Å². The van der Waals surface area contributed by atoms with Crippen LogP contribution in [0, 0.1) is 0 Å². The standard InChI is InChI=1S/C9H9Cl2N/c10-8-1-6(2-9(11)3-8)7-4-12-5-7/h1-3,7,12H,4-5H2. The SMILES string of the molecule is Clc1cc(Cl)cc(C2CNC2)c1. The molecular formula is C9H9Cl2N. The van der Waals surface area contributed by atoms with Crippen molar-refractivity contribution in [2.75, 3.05) is 13.1 Å². The Bertz CT molecular complexity index is 274. The van der Waals surface area contributed by atoms with E-state index in [0.717, 1.165) is 23.1 Å². The highest BCUT2D eigenvalue weighted by Crippen LogP contribution is 2.26. The lowest BCUT2D eigenvalue weighted by Gasteiger charge is -2.27. The van der Waals surface area contributed by atoms with Gasteiger partial charge in [0.25, 0.3) is 0 Å². The lowest BCUT2D eigenvalue weighted by atomic mass is 9.94. The second-order valence-electron chi connectivity index (χ2n) is 3.06. The van der Waals surface area contributed by atoms with Crippen molar-refractivity contribution in [2.45, 2.75) is 5.92 Å². The fourth-order valence-corrected chi connectivity index (χ4v) is 1.88. The summed E-state index contributed by atoms with van der Waals surface area (Å²) < 4.78 is 0. The van der Waals surface area contributed by atoms with Gasteiger partial charge in [-0.3, -0.25) is 0 Å². The normalized spacial score (nSPS) is 17.5. The van der Waals surface area contributed by atoms with Crippen molar-refractivity contribution in [1.29, 1.82) is 0 Å². The van der Waals surface area contributed by atoms with Crippen molar-refractivity contribution in [1.82, 2.24) is 5.32 Å². The third kappa shape index (κ3) is 1.58. The fraction of sp³-hybridized carbons (Fsp3) is 0.333. The van der Waals surface area contributed by atoms with Gasteiger partial charge >= 0.3 is 0 Å². The number of halogens is 2. The van der Waals surface area contributed by atoms with Gasteiger partial charge in [0, 0.05) is 29.1 Å². The molecular weight excluding hydrogens is 193 g/mol. The summed E-state index contributed by atoms with van der Waals surface area (Å²) in [5.74, 6) is 0.598. The van der Waals surface area contributed by atoms with Crippen molar-refractivity contribution in [3.8, 4) is 0 Å². The van der Waals surface area contributed by atoms with E-state index in [2.05, 4.69) is 5.32 Å². The van der Waals surface area contributed by atoms with E-state index >= 15 is 0 Å². The van der Waals surface area contributed by atoms with Gasteiger partial charge in [0.15, 0.2) is 0 Å². The van der Waals surface area contributed by atoms with E-state index in [-0.39, 0.29) is 0 Å². The Labute approximate surface area is 81.7 Å². The van der Waals surface area contributed by atoms with E-state index < -0.39 is 0 Å². The predicted molar refractivity (Wildman–Crippen MR) is 52.1 cm³/mol.